The molecule has 94 valence electrons. The summed E-state index contributed by atoms with van der Waals surface area (Å²) in [5.74, 6) is 0.670. The van der Waals surface area contributed by atoms with Crippen LogP contribution in [0.2, 0.25) is 0 Å². The fraction of sp³-hybridized carbons (Fsp3) is 0.615. The molecule has 2 N–H and O–H groups in total. The van der Waals surface area contributed by atoms with Gasteiger partial charge in [0.15, 0.2) is 0 Å². The lowest BCUT2D eigenvalue weighted by molar-refractivity contribution is 0.182. The van der Waals surface area contributed by atoms with E-state index in [-0.39, 0.29) is 0 Å². The summed E-state index contributed by atoms with van der Waals surface area (Å²) >= 11 is 0. The molecule has 17 heavy (non-hydrogen) atoms. The Hall–Kier alpha value is -1.13. The third-order valence-electron chi connectivity index (χ3n) is 3.49. The summed E-state index contributed by atoms with van der Waals surface area (Å²) < 4.78 is 5.29. The van der Waals surface area contributed by atoms with Crippen molar-refractivity contribution in [3.8, 4) is 5.88 Å². The molecule has 1 aliphatic heterocycles. The number of likely N-dealkylation sites (tertiary alicyclic amines) is 1. The Morgan fingerprint density at radius 3 is 2.94 bits per heavy atom. The quantitative estimate of drug-likeness (QED) is 0.866. The maximum absolute atomic E-state index is 5.65. The SMILES string of the molecule is COc1nc(C2CCCCN2C)ccc1CN. The highest BCUT2D eigenvalue weighted by atomic mass is 16.5. The third-order valence-corrected chi connectivity index (χ3v) is 3.49. The van der Waals surface area contributed by atoms with Crippen LogP contribution in [0.25, 0.3) is 0 Å². The number of nitrogens with two attached hydrogens (primary N) is 1. The molecule has 1 unspecified atom stereocenters. The molecule has 2 heterocycles. The molecule has 0 radical (unpaired) electrons. The van der Waals surface area contributed by atoms with E-state index in [1.807, 2.05) is 6.07 Å². The van der Waals surface area contributed by atoms with Gasteiger partial charge in [0.05, 0.1) is 18.8 Å². The van der Waals surface area contributed by atoms with Crippen molar-refractivity contribution in [1.82, 2.24) is 9.88 Å². The molecule has 2 rings (SSSR count). The van der Waals surface area contributed by atoms with Gasteiger partial charge >= 0.3 is 0 Å². The maximum atomic E-state index is 5.65. The second-order valence-electron chi connectivity index (χ2n) is 4.60. The molecule has 1 atom stereocenters. The minimum Gasteiger partial charge on any atom is -0.481 e. The zero-order chi connectivity index (χ0) is 12.3. The standard InChI is InChI=1S/C13H21N3O/c1-16-8-4-3-5-12(16)11-7-6-10(9-14)13(15-11)17-2/h6-7,12H,3-5,8-9,14H2,1-2H3. The Morgan fingerprint density at radius 1 is 1.47 bits per heavy atom. The van der Waals surface area contributed by atoms with Gasteiger partial charge in [-0.25, -0.2) is 4.98 Å². The summed E-state index contributed by atoms with van der Waals surface area (Å²) in [5, 5.41) is 0. The lowest BCUT2D eigenvalue weighted by Gasteiger charge is -2.32. The summed E-state index contributed by atoms with van der Waals surface area (Å²) in [6.07, 6.45) is 3.73. The lowest BCUT2D eigenvalue weighted by Crippen LogP contribution is -2.30. The van der Waals surface area contributed by atoms with Crippen molar-refractivity contribution in [3.63, 3.8) is 0 Å². The van der Waals surface area contributed by atoms with Crippen LogP contribution in [0.3, 0.4) is 0 Å². The Bertz CT molecular complexity index is 381. The fourth-order valence-corrected chi connectivity index (χ4v) is 2.45. The van der Waals surface area contributed by atoms with Gasteiger partial charge in [-0.15, -0.1) is 0 Å². The summed E-state index contributed by atoms with van der Waals surface area (Å²) in [4.78, 5) is 6.96. The highest BCUT2D eigenvalue weighted by Crippen LogP contribution is 2.30. The molecular weight excluding hydrogens is 214 g/mol. The highest BCUT2D eigenvalue weighted by molar-refractivity contribution is 5.29. The molecular formula is C13H21N3O. The number of methoxy groups -OCH3 is 1. The van der Waals surface area contributed by atoms with Gasteiger partial charge in [0.25, 0.3) is 0 Å². The highest BCUT2D eigenvalue weighted by Gasteiger charge is 2.22. The third kappa shape index (κ3) is 2.58. The molecule has 0 saturated carbocycles. The maximum Gasteiger partial charge on any atom is 0.217 e. The molecule has 0 spiro atoms. The van der Waals surface area contributed by atoms with Crippen LogP contribution in [0, 0.1) is 0 Å². The lowest BCUT2D eigenvalue weighted by atomic mass is 9.99. The van der Waals surface area contributed by atoms with E-state index >= 15 is 0 Å². The average Bonchev–Trinajstić information content (AvgIpc) is 2.38. The smallest absolute Gasteiger partial charge is 0.217 e. The Morgan fingerprint density at radius 2 is 2.29 bits per heavy atom. The second-order valence-corrected chi connectivity index (χ2v) is 4.60. The van der Waals surface area contributed by atoms with Crippen LogP contribution in [0.4, 0.5) is 0 Å². The number of hydrogen-bond donors (Lipinski definition) is 1. The van der Waals surface area contributed by atoms with Crippen molar-refractivity contribution in [2.45, 2.75) is 31.8 Å². The molecule has 1 aromatic rings. The summed E-state index contributed by atoms with van der Waals surface area (Å²) in [5.41, 5.74) is 7.72. The van der Waals surface area contributed by atoms with Crippen molar-refractivity contribution in [2.75, 3.05) is 20.7 Å². The van der Waals surface area contributed by atoms with Crippen LogP contribution >= 0.6 is 0 Å². The number of nitrogens with zero attached hydrogens (tertiary/aromatic N) is 2. The Balaban J connectivity index is 2.25. The fourth-order valence-electron chi connectivity index (χ4n) is 2.45. The van der Waals surface area contributed by atoms with Gasteiger partial charge in [0.1, 0.15) is 0 Å². The van der Waals surface area contributed by atoms with Gasteiger partial charge in [-0.2, -0.15) is 0 Å². The van der Waals surface area contributed by atoms with Gasteiger partial charge in [0, 0.05) is 12.1 Å². The number of hydrogen-bond acceptors (Lipinski definition) is 4. The second kappa shape index (κ2) is 5.47. The van der Waals surface area contributed by atoms with E-state index in [1.54, 1.807) is 7.11 Å². The molecule has 0 amide bonds. The molecule has 1 fully saturated rings. The topological polar surface area (TPSA) is 51.4 Å². The molecule has 0 aliphatic carbocycles. The van der Waals surface area contributed by atoms with Gasteiger partial charge in [-0.3, -0.25) is 4.90 Å². The van der Waals surface area contributed by atoms with Crippen molar-refractivity contribution in [2.24, 2.45) is 5.73 Å². The van der Waals surface area contributed by atoms with E-state index in [9.17, 15) is 0 Å². The molecule has 1 aliphatic rings. The predicted molar refractivity (Wildman–Crippen MR) is 67.9 cm³/mol. The first-order valence-electron chi connectivity index (χ1n) is 6.20. The molecule has 4 heteroatoms. The average molecular weight is 235 g/mol. The Kier molecular flexibility index (Phi) is 3.97. The summed E-state index contributed by atoms with van der Waals surface area (Å²) in [7, 11) is 3.81. The van der Waals surface area contributed by atoms with Gasteiger partial charge in [0.2, 0.25) is 5.88 Å². The monoisotopic (exact) mass is 235 g/mol. The number of rotatable bonds is 3. The number of aromatic nitrogens is 1. The van der Waals surface area contributed by atoms with Crippen molar-refractivity contribution < 1.29 is 4.74 Å². The van der Waals surface area contributed by atoms with E-state index < -0.39 is 0 Å². The van der Waals surface area contributed by atoms with Crippen molar-refractivity contribution in [1.29, 1.82) is 0 Å². The normalized spacial score (nSPS) is 21.5. The largest absolute Gasteiger partial charge is 0.481 e. The minimum atomic E-state index is 0.421. The van der Waals surface area contributed by atoms with Crippen LogP contribution in [0.15, 0.2) is 12.1 Å². The van der Waals surface area contributed by atoms with Crippen LogP contribution < -0.4 is 10.5 Å². The number of pyridine rings is 1. The predicted octanol–water partition coefficient (Wildman–Crippen LogP) is 1.71. The molecule has 4 nitrogen and oxygen atoms in total. The van der Waals surface area contributed by atoms with E-state index in [0.717, 1.165) is 17.8 Å². The van der Waals surface area contributed by atoms with Gasteiger partial charge in [-0.05, 0) is 32.5 Å². The number of ether oxygens (including phenoxy) is 1. The first-order valence-corrected chi connectivity index (χ1v) is 6.20. The van der Waals surface area contributed by atoms with Crippen LogP contribution in [-0.2, 0) is 6.54 Å². The van der Waals surface area contributed by atoms with E-state index in [4.69, 9.17) is 10.5 Å². The zero-order valence-electron chi connectivity index (χ0n) is 10.6. The summed E-state index contributed by atoms with van der Waals surface area (Å²) in [6, 6.07) is 4.53. The summed E-state index contributed by atoms with van der Waals surface area (Å²) in [6.45, 7) is 1.62. The van der Waals surface area contributed by atoms with Gasteiger partial charge < -0.3 is 10.5 Å². The minimum absolute atomic E-state index is 0.421. The molecule has 0 bridgehead atoms. The molecule has 0 aromatic carbocycles. The van der Waals surface area contributed by atoms with Crippen molar-refractivity contribution >= 4 is 0 Å². The number of piperidine rings is 1. The molecule has 1 saturated heterocycles. The zero-order valence-corrected chi connectivity index (χ0v) is 10.6. The first-order chi connectivity index (χ1) is 8.26. The first kappa shape index (κ1) is 12.3. The Labute approximate surface area is 103 Å². The molecule has 1 aromatic heterocycles. The van der Waals surface area contributed by atoms with E-state index in [2.05, 4.69) is 23.0 Å². The van der Waals surface area contributed by atoms with Crippen molar-refractivity contribution in [3.05, 3.63) is 23.4 Å². The van der Waals surface area contributed by atoms with E-state index in [1.165, 1.54) is 19.3 Å². The van der Waals surface area contributed by atoms with Gasteiger partial charge in [-0.1, -0.05) is 12.5 Å². The van der Waals surface area contributed by atoms with Crippen LogP contribution in [0.1, 0.15) is 36.6 Å². The van der Waals surface area contributed by atoms with Crippen LogP contribution in [0.5, 0.6) is 5.88 Å². The van der Waals surface area contributed by atoms with Crippen LogP contribution in [-0.4, -0.2) is 30.6 Å². The van der Waals surface area contributed by atoms with E-state index in [0.29, 0.717) is 18.5 Å².